The molecule has 0 aliphatic heterocycles. The summed E-state index contributed by atoms with van der Waals surface area (Å²) in [5.41, 5.74) is 1.99. The highest BCUT2D eigenvalue weighted by Gasteiger charge is 2.09. The van der Waals surface area contributed by atoms with E-state index in [1.54, 1.807) is 12.4 Å². The van der Waals surface area contributed by atoms with Crippen LogP contribution in [0.15, 0.2) is 59.9 Å². The Balaban J connectivity index is 0.00000264. The summed E-state index contributed by atoms with van der Waals surface area (Å²) in [5, 5.41) is 13.4. The van der Waals surface area contributed by atoms with E-state index in [-0.39, 0.29) is 24.0 Å². The van der Waals surface area contributed by atoms with Crippen molar-refractivity contribution in [3.8, 4) is 0 Å². The van der Waals surface area contributed by atoms with Crippen molar-refractivity contribution in [2.75, 3.05) is 20.6 Å². The first-order chi connectivity index (χ1) is 10.7. The van der Waals surface area contributed by atoms with Crippen LogP contribution < -0.4 is 5.32 Å². The van der Waals surface area contributed by atoms with E-state index in [0.29, 0.717) is 13.1 Å². The van der Waals surface area contributed by atoms with E-state index in [1.165, 1.54) is 0 Å². The van der Waals surface area contributed by atoms with E-state index in [9.17, 15) is 5.11 Å². The van der Waals surface area contributed by atoms with E-state index in [0.717, 1.165) is 17.1 Å². The lowest BCUT2D eigenvalue weighted by atomic mass is 10.1. The number of aliphatic hydroxyl groups excluding tert-OH is 1. The first kappa shape index (κ1) is 19.4. The number of rotatable bonds is 5. The minimum Gasteiger partial charge on any atom is -0.387 e. The van der Waals surface area contributed by atoms with Crippen LogP contribution in [0.25, 0.3) is 0 Å². The quantitative estimate of drug-likeness (QED) is 0.438. The van der Waals surface area contributed by atoms with E-state index in [1.807, 2.05) is 61.5 Å². The van der Waals surface area contributed by atoms with Crippen LogP contribution in [-0.2, 0) is 6.54 Å². The number of benzene rings is 1. The van der Waals surface area contributed by atoms with Gasteiger partial charge in [-0.25, -0.2) is 4.99 Å². The molecule has 124 valence electrons. The molecule has 0 aliphatic rings. The van der Waals surface area contributed by atoms with Crippen molar-refractivity contribution in [3.05, 3.63) is 66.0 Å². The van der Waals surface area contributed by atoms with Crippen LogP contribution in [0, 0.1) is 0 Å². The van der Waals surface area contributed by atoms with Gasteiger partial charge in [-0.2, -0.15) is 0 Å². The molecule has 2 N–H and O–H groups in total. The molecular weight excluding hydrogens is 403 g/mol. The maximum atomic E-state index is 10.2. The summed E-state index contributed by atoms with van der Waals surface area (Å²) >= 11 is 0. The molecule has 0 bridgehead atoms. The van der Waals surface area contributed by atoms with Crippen LogP contribution >= 0.6 is 24.0 Å². The zero-order valence-electron chi connectivity index (χ0n) is 13.4. The summed E-state index contributed by atoms with van der Waals surface area (Å²) in [4.78, 5) is 10.4. The molecule has 1 unspecified atom stereocenters. The predicted octanol–water partition coefficient (Wildman–Crippen LogP) is 2.44. The summed E-state index contributed by atoms with van der Waals surface area (Å²) in [6.07, 6.45) is 2.76. The van der Waals surface area contributed by atoms with Gasteiger partial charge in [0, 0.05) is 33.0 Å². The summed E-state index contributed by atoms with van der Waals surface area (Å²) < 4.78 is 0. The molecule has 6 heteroatoms. The summed E-state index contributed by atoms with van der Waals surface area (Å²) in [7, 11) is 3.85. The molecule has 0 aliphatic carbocycles. The maximum Gasteiger partial charge on any atom is 0.193 e. The van der Waals surface area contributed by atoms with E-state index in [4.69, 9.17) is 0 Å². The molecule has 1 aromatic heterocycles. The van der Waals surface area contributed by atoms with Crippen LogP contribution in [0.1, 0.15) is 17.2 Å². The molecule has 0 fully saturated rings. The van der Waals surface area contributed by atoms with Crippen LogP contribution in [0.5, 0.6) is 0 Å². The lowest BCUT2D eigenvalue weighted by molar-refractivity contribution is 0.180. The van der Waals surface area contributed by atoms with E-state index >= 15 is 0 Å². The van der Waals surface area contributed by atoms with Crippen LogP contribution in [0.3, 0.4) is 0 Å². The number of aliphatic hydroxyl groups is 1. The van der Waals surface area contributed by atoms with Gasteiger partial charge in [-0.05, 0) is 23.3 Å². The number of guanidine groups is 1. The Morgan fingerprint density at radius 1 is 1.17 bits per heavy atom. The Bertz CT molecular complexity index is 590. The monoisotopic (exact) mass is 426 g/mol. The third-order valence-electron chi connectivity index (χ3n) is 3.22. The number of hydrogen-bond acceptors (Lipinski definition) is 3. The van der Waals surface area contributed by atoms with Crippen LogP contribution in [0.4, 0.5) is 0 Å². The fraction of sp³-hybridized carbons (Fsp3) is 0.294. The maximum absolute atomic E-state index is 10.2. The molecule has 2 rings (SSSR count). The van der Waals surface area contributed by atoms with Gasteiger partial charge in [0.05, 0.1) is 12.6 Å². The highest BCUT2D eigenvalue weighted by Crippen LogP contribution is 2.09. The van der Waals surface area contributed by atoms with Gasteiger partial charge in [0.15, 0.2) is 5.96 Å². The van der Waals surface area contributed by atoms with Crippen molar-refractivity contribution >= 4 is 29.9 Å². The summed E-state index contributed by atoms with van der Waals surface area (Å²) in [6.45, 7) is 1.00. The van der Waals surface area contributed by atoms with Gasteiger partial charge in [0.25, 0.3) is 0 Å². The highest BCUT2D eigenvalue weighted by atomic mass is 127. The second-order valence-corrected chi connectivity index (χ2v) is 5.20. The Hall–Kier alpha value is -1.67. The third-order valence-corrected chi connectivity index (χ3v) is 3.22. The Morgan fingerprint density at radius 3 is 2.43 bits per heavy atom. The van der Waals surface area contributed by atoms with Gasteiger partial charge in [0.1, 0.15) is 0 Å². The molecule has 1 aromatic carbocycles. The zero-order valence-corrected chi connectivity index (χ0v) is 15.7. The SMILES string of the molecule is CN(C)C(=NCc1ccccc1)NCC(O)c1ccncc1.I. The average Bonchev–Trinajstić information content (AvgIpc) is 2.56. The number of aliphatic imine (C=N–C) groups is 1. The lowest BCUT2D eigenvalue weighted by Gasteiger charge is -2.20. The average molecular weight is 426 g/mol. The minimum absolute atomic E-state index is 0. The van der Waals surface area contributed by atoms with Crippen molar-refractivity contribution in [2.45, 2.75) is 12.6 Å². The zero-order chi connectivity index (χ0) is 15.8. The molecular formula is C17H23IN4O. The molecule has 23 heavy (non-hydrogen) atoms. The number of pyridine rings is 1. The first-order valence-corrected chi connectivity index (χ1v) is 7.24. The molecule has 1 atom stereocenters. The van der Waals surface area contributed by atoms with Gasteiger partial charge in [-0.15, -0.1) is 24.0 Å². The number of nitrogens with one attached hydrogen (secondary N) is 1. The molecule has 0 amide bonds. The molecule has 2 aromatic rings. The van der Waals surface area contributed by atoms with Gasteiger partial charge >= 0.3 is 0 Å². The molecule has 0 radical (unpaired) electrons. The van der Waals surface area contributed by atoms with Gasteiger partial charge < -0.3 is 15.3 Å². The van der Waals surface area contributed by atoms with Crippen molar-refractivity contribution in [3.63, 3.8) is 0 Å². The van der Waals surface area contributed by atoms with Crippen LogP contribution in [0.2, 0.25) is 0 Å². The predicted molar refractivity (Wildman–Crippen MR) is 104 cm³/mol. The van der Waals surface area contributed by atoms with E-state index < -0.39 is 6.10 Å². The van der Waals surface area contributed by atoms with Crippen molar-refractivity contribution in [1.29, 1.82) is 0 Å². The molecule has 0 saturated heterocycles. The van der Waals surface area contributed by atoms with Gasteiger partial charge in [-0.3, -0.25) is 4.98 Å². The minimum atomic E-state index is -0.593. The normalized spacial score (nSPS) is 12.2. The molecule has 0 spiro atoms. The van der Waals surface area contributed by atoms with Crippen LogP contribution in [-0.4, -0.2) is 41.6 Å². The summed E-state index contributed by atoms with van der Waals surface area (Å²) in [5.74, 6) is 0.747. The Kier molecular flexibility index (Phi) is 8.57. The smallest absolute Gasteiger partial charge is 0.193 e. The number of aromatic nitrogens is 1. The topological polar surface area (TPSA) is 60.8 Å². The summed E-state index contributed by atoms with van der Waals surface area (Å²) in [6, 6.07) is 13.7. The molecule has 1 heterocycles. The highest BCUT2D eigenvalue weighted by molar-refractivity contribution is 14.0. The van der Waals surface area contributed by atoms with Gasteiger partial charge in [0.2, 0.25) is 0 Å². The molecule has 5 nitrogen and oxygen atoms in total. The fourth-order valence-corrected chi connectivity index (χ4v) is 2.00. The van der Waals surface area contributed by atoms with E-state index in [2.05, 4.69) is 15.3 Å². The third kappa shape index (κ3) is 6.54. The van der Waals surface area contributed by atoms with Crippen molar-refractivity contribution in [1.82, 2.24) is 15.2 Å². The number of halogens is 1. The lowest BCUT2D eigenvalue weighted by Crippen LogP contribution is -2.38. The fourth-order valence-electron chi connectivity index (χ4n) is 2.00. The Labute approximate surface area is 154 Å². The number of nitrogens with zero attached hydrogens (tertiary/aromatic N) is 3. The van der Waals surface area contributed by atoms with Crippen molar-refractivity contribution in [2.24, 2.45) is 4.99 Å². The van der Waals surface area contributed by atoms with Crippen molar-refractivity contribution < 1.29 is 5.11 Å². The standard InChI is InChI=1S/C17H22N4O.HI/c1-21(2)17(19-12-14-6-4-3-5-7-14)20-13-16(22)15-8-10-18-11-9-15;/h3-11,16,22H,12-13H2,1-2H3,(H,19,20);1H. The number of hydrogen-bond donors (Lipinski definition) is 2. The van der Waals surface area contributed by atoms with Gasteiger partial charge in [-0.1, -0.05) is 30.3 Å². The Morgan fingerprint density at radius 2 is 1.83 bits per heavy atom. The largest absolute Gasteiger partial charge is 0.387 e. The molecule has 0 saturated carbocycles. The second kappa shape index (κ2) is 10.2. The second-order valence-electron chi connectivity index (χ2n) is 5.20. The first-order valence-electron chi connectivity index (χ1n) is 7.24.